The number of nitrogens with zero attached hydrogens (tertiary/aromatic N) is 3. The van der Waals surface area contributed by atoms with Crippen LogP contribution in [0, 0.1) is 12.3 Å². The summed E-state index contributed by atoms with van der Waals surface area (Å²) >= 11 is 0. The molecule has 0 aliphatic carbocycles. The van der Waals surface area contributed by atoms with E-state index in [1.807, 2.05) is 0 Å². The quantitative estimate of drug-likeness (QED) is 0.697. The minimum Gasteiger partial charge on any atom is -0.353 e. The van der Waals surface area contributed by atoms with Crippen LogP contribution in [-0.4, -0.2) is 31.2 Å². The van der Waals surface area contributed by atoms with Gasteiger partial charge in [-0.3, -0.25) is 9.98 Å². The zero-order chi connectivity index (χ0) is 17.1. The molecule has 0 saturated carbocycles. The van der Waals surface area contributed by atoms with Crippen molar-refractivity contribution >= 4 is 18.1 Å². The van der Waals surface area contributed by atoms with Crippen molar-refractivity contribution in [2.75, 3.05) is 11.9 Å². The van der Waals surface area contributed by atoms with Crippen LogP contribution < -0.4 is 4.90 Å². The molecule has 0 aliphatic rings. The largest absolute Gasteiger partial charge is 0.353 e. The van der Waals surface area contributed by atoms with Crippen molar-refractivity contribution in [2.24, 2.45) is 15.4 Å². The predicted octanol–water partition coefficient (Wildman–Crippen LogP) is 4.74. The van der Waals surface area contributed by atoms with Crippen molar-refractivity contribution in [3.8, 4) is 0 Å². The molecular formula is C19H31N3. The molecule has 0 spiro atoms. The third-order valence-corrected chi connectivity index (χ3v) is 5.27. The van der Waals surface area contributed by atoms with Gasteiger partial charge in [0.2, 0.25) is 0 Å². The fraction of sp³-hybridized carbons (Fsp3) is 0.579. The van der Waals surface area contributed by atoms with Crippen molar-refractivity contribution < 1.29 is 0 Å². The summed E-state index contributed by atoms with van der Waals surface area (Å²) < 4.78 is 0. The summed E-state index contributed by atoms with van der Waals surface area (Å²) in [6, 6.07) is 8.39. The minimum absolute atomic E-state index is 0.0704. The zero-order valence-corrected chi connectivity index (χ0v) is 15.4. The predicted molar refractivity (Wildman–Crippen MR) is 99.6 cm³/mol. The van der Waals surface area contributed by atoms with Crippen LogP contribution >= 0.6 is 0 Å². The highest BCUT2D eigenvalue weighted by Gasteiger charge is 2.38. The van der Waals surface area contributed by atoms with Crippen LogP contribution in [0.25, 0.3) is 0 Å². The number of hydrogen-bond acceptors (Lipinski definition) is 3. The molecule has 1 rings (SSSR count). The van der Waals surface area contributed by atoms with Gasteiger partial charge in [0, 0.05) is 23.9 Å². The zero-order valence-electron chi connectivity index (χ0n) is 15.4. The summed E-state index contributed by atoms with van der Waals surface area (Å²) in [5, 5.41) is 0. The lowest BCUT2D eigenvalue weighted by atomic mass is 9.72. The Hall–Kier alpha value is -1.64. The van der Waals surface area contributed by atoms with E-state index in [4.69, 9.17) is 4.99 Å². The lowest BCUT2D eigenvalue weighted by molar-refractivity contribution is 0.300. The molecule has 0 heterocycles. The van der Waals surface area contributed by atoms with E-state index in [9.17, 15) is 0 Å². The second kappa shape index (κ2) is 6.64. The first-order valence-corrected chi connectivity index (χ1v) is 7.86. The van der Waals surface area contributed by atoms with E-state index in [2.05, 4.69) is 96.4 Å². The van der Waals surface area contributed by atoms with Crippen LogP contribution in [0.4, 0.5) is 5.69 Å². The first-order chi connectivity index (χ1) is 10.0. The topological polar surface area (TPSA) is 28.0 Å². The Morgan fingerprint density at radius 2 is 1.73 bits per heavy atom. The summed E-state index contributed by atoms with van der Waals surface area (Å²) in [6.45, 7) is 18.7. The van der Waals surface area contributed by atoms with E-state index in [1.165, 1.54) is 11.3 Å². The maximum atomic E-state index is 4.94. The molecule has 0 fully saturated rings. The van der Waals surface area contributed by atoms with Gasteiger partial charge >= 0.3 is 0 Å². The summed E-state index contributed by atoms with van der Waals surface area (Å²) in [7, 11) is 2.09. The first-order valence-electron chi connectivity index (χ1n) is 7.86. The molecular weight excluding hydrogens is 270 g/mol. The van der Waals surface area contributed by atoms with Gasteiger partial charge in [-0.1, -0.05) is 32.0 Å². The Bertz CT molecular complexity index is 556. The number of aliphatic imine (C=N–C) groups is 2. The Kier molecular flexibility index (Phi) is 5.55. The molecule has 3 heteroatoms. The maximum Gasteiger partial charge on any atom is 0.117 e. The SMILES string of the molecule is C=NC(C)(C)C(C)(C)/C(C)=N/C(C)N(C)c1ccccc1C. The normalized spacial score (nSPS) is 14.6. The molecule has 3 nitrogen and oxygen atoms in total. The van der Waals surface area contributed by atoms with E-state index in [0.717, 1.165) is 5.71 Å². The van der Waals surface area contributed by atoms with Gasteiger partial charge in [0.15, 0.2) is 0 Å². The van der Waals surface area contributed by atoms with Crippen LogP contribution in [-0.2, 0) is 0 Å². The van der Waals surface area contributed by atoms with E-state index < -0.39 is 0 Å². The molecule has 22 heavy (non-hydrogen) atoms. The van der Waals surface area contributed by atoms with Crippen LogP contribution in [0.5, 0.6) is 0 Å². The third-order valence-electron chi connectivity index (χ3n) is 5.27. The molecule has 0 N–H and O–H groups in total. The fourth-order valence-electron chi connectivity index (χ4n) is 2.33. The molecule has 0 saturated heterocycles. The second-order valence-corrected chi connectivity index (χ2v) is 7.09. The number of hydrogen-bond donors (Lipinski definition) is 0. The first kappa shape index (κ1) is 18.4. The van der Waals surface area contributed by atoms with Gasteiger partial charge in [0.1, 0.15) is 6.17 Å². The van der Waals surface area contributed by atoms with E-state index in [1.54, 1.807) is 0 Å². The van der Waals surface area contributed by atoms with Gasteiger partial charge in [-0.25, -0.2) is 0 Å². The lowest BCUT2D eigenvalue weighted by Gasteiger charge is -2.39. The van der Waals surface area contributed by atoms with Crippen molar-refractivity contribution in [2.45, 2.75) is 60.2 Å². The van der Waals surface area contributed by atoms with Gasteiger partial charge < -0.3 is 4.90 Å². The number of rotatable bonds is 6. The minimum atomic E-state index is -0.248. The average Bonchev–Trinajstić information content (AvgIpc) is 2.46. The standard InChI is InChI=1S/C19H31N3/c1-14-12-10-11-13-17(14)22(9)16(3)21-15(2)18(4,5)19(6,7)20-8/h10-13,16H,8H2,1-7,9H3/b21-15+. The summed E-state index contributed by atoms with van der Waals surface area (Å²) in [4.78, 5) is 11.4. The van der Waals surface area contributed by atoms with Crippen LogP contribution in [0.3, 0.4) is 0 Å². The molecule has 0 aliphatic heterocycles. The van der Waals surface area contributed by atoms with E-state index in [0.29, 0.717) is 0 Å². The molecule has 0 radical (unpaired) electrons. The van der Waals surface area contributed by atoms with Crippen LogP contribution in [0.2, 0.25) is 0 Å². The van der Waals surface area contributed by atoms with E-state index in [-0.39, 0.29) is 17.1 Å². The molecule has 1 atom stereocenters. The summed E-state index contributed by atoms with van der Waals surface area (Å²) in [6.07, 6.45) is 0.0704. The number of benzene rings is 1. The maximum absolute atomic E-state index is 4.94. The Balaban J connectivity index is 3.06. The number of anilines is 1. The molecule has 1 unspecified atom stereocenters. The number of aryl methyl sites for hydroxylation is 1. The molecule has 122 valence electrons. The van der Waals surface area contributed by atoms with Gasteiger partial charge in [0.25, 0.3) is 0 Å². The molecule has 1 aromatic carbocycles. The summed E-state index contributed by atoms with van der Waals surface area (Å²) in [5.74, 6) is 0. The monoisotopic (exact) mass is 301 g/mol. The highest BCUT2D eigenvalue weighted by molar-refractivity contribution is 5.89. The Labute approximate surface area is 136 Å². The number of para-hydroxylation sites is 1. The molecule has 1 aromatic rings. The Morgan fingerprint density at radius 1 is 1.18 bits per heavy atom. The fourth-order valence-corrected chi connectivity index (χ4v) is 2.33. The van der Waals surface area contributed by atoms with Crippen molar-refractivity contribution in [1.29, 1.82) is 0 Å². The smallest absolute Gasteiger partial charge is 0.117 e. The average molecular weight is 301 g/mol. The Morgan fingerprint density at radius 3 is 2.23 bits per heavy atom. The third kappa shape index (κ3) is 3.57. The molecule has 0 bridgehead atoms. The molecule has 0 aromatic heterocycles. The lowest BCUT2D eigenvalue weighted by Crippen LogP contribution is -2.43. The van der Waals surface area contributed by atoms with Crippen molar-refractivity contribution in [3.63, 3.8) is 0 Å². The van der Waals surface area contributed by atoms with Crippen LogP contribution in [0.15, 0.2) is 34.3 Å². The van der Waals surface area contributed by atoms with Crippen molar-refractivity contribution in [3.05, 3.63) is 29.8 Å². The van der Waals surface area contributed by atoms with E-state index >= 15 is 0 Å². The van der Waals surface area contributed by atoms with Gasteiger partial charge in [0.05, 0.1) is 5.54 Å². The van der Waals surface area contributed by atoms with Gasteiger partial charge in [-0.15, -0.1) is 0 Å². The van der Waals surface area contributed by atoms with Gasteiger partial charge in [-0.05, 0) is 53.0 Å². The van der Waals surface area contributed by atoms with Crippen LogP contribution in [0.1, 0.15) is 47.1 Å². The highest BCUT2D eigenvalue weighted by atomic mass is 15.2. The summed E-state index contributed by atoms with van der Waals surface area (Å²) in [5.41, 5.74) is 3.18. The highest BCUT2D eigenvalue weighted by Crippen LogP contribution is 2.35. The van der Waals surface area contributed by atoms with Gasteiger partial charge in [-0.2, -0.15) is 0 Å². The van der Waals surface area contributed by atoms with Crippen molar-refractivity contribution in [1.82, 2.24) is 0 Å². The molecule has 0 amide bonds. The second-order valence-electron chi connectivity index (χ2n) is 7.09.